The average Bonchev–Trinajstić information content (AvgIpc) is 2.66. The van der Waals surface area contributed by atoms with E-state index in [0.29, 0.717) is 22.9 Å². The first-order chi connectivity index (χ1) is 12.5. The van der Waals surface area contributed by atoms with Crippen molar-refractivity contribution in [3.63, 3.8) is 0 Å². The van der Waals surface area contributed by atoms with Gasteiger partial charge in [-0.15, -0.1) is 0 Å². The molecule has 132 valence electrons. The third kappa shape index (κ3) is 3.89. The molecule has 7 heteroatoms. The molecule has 0 saturated heterocycles. The van der Waals surface area contributed by atoms with Crippen LogP contribution in [0.3, 0.4) is 0 Å². The summed E-state index contributed by atoms with van der Waals surface area (Å²) in [4.78, 5) is 20.3. The highest BCUT2D eigenvalue weighted by molar-refractivity contribution is 5.95. The van der Waals surface area contributed by atoms with Crippen molar-refractivity contribution in [1.82, 2.24) is 15.4 Å². The number of rotatable bonds is 5. The third-order valence-electron chi connectivity index (χ3n) is 3.98. The zero-order valence-electron chi connectivity index (χ0n) is 14.6. The summed E-state index contributed by atoms with van der Waals surface area (Å²) >= 11 is 0. The number of carbonyl (C=O) groups excluding carboxylic acids is 1. The monoisotopic (exact) mass is 348 g/mol. The number of anilines is 4. The molecule has 0 aliphatic carbocycles. The van der Waals surface area contributed by atoms with Crippen LogP contribution in [0.2, 0.25) is 0 Å². The summed E-state index contributed by atoms with van der Waals surface area (Å²) in [6.07, 6.45) is 1.37. The summed E-state index contributed by atoms with van der Waals surface area (Å²) in [5.41, 5.74) is 15.5. The van der Waals surface area contributed by atoms with Gasteiger partial charge in [0, 0.05) is 11.3 Å². The lowest BCUT2D eigenvalue weighted by atomic mass is 10.1. The molecule has 0 aliphatic rings. The van der Waals surface area contributed by atoms with Gasteiger partial charge >= 0.3 is 0 Å². The fourth-order valence-corrected chi connectivity index (χ4v) is 2.33. The maximum atomic E-state index is 12.1. The van der Waals surface area contributed by atoms with E-state index in [1.807, 2.05) is 31.2 Å². The number of nitrogen functional groups attached to an aromatic ring is 1. The smallest absolute Gasteiger partial charge is 0.269 e. The van der Waals surface area contributed by atoms with Gasteiger partial charge in [0.15, 0.2) is 11.6 Å². The fourth-order valence-electron chi connectivity index (χ4n) is 2.33. The van der Waals surface area contributed by atoms with E-state index in [4.69, 9.17) is 5.73 Å². The summed E-state index contributed by atoms with van der Waals surface area (Å²) in [5, 5.41) is 3.17. The number of benzene rings is 2. The van der Waals surface area contributed by atoms with Crippen LogP contribution in [-0.2, 0) is 0 Å². The lowest BCUT2D eigenvalue weighted by molar-refractivity contribution is 0.0962. The maximum Gasteiger partial charge on any atom is 0.269 e. The molecule has 3 aromatic rings. The molecule has 0 spiro atoms. The van der Waals surface area contributed by atoms with E-state index in [1.54, 1.807) is 24.3 Å². The Hall–Kier alpha value is -3.61. The van der Waals surface area contributed by atoms with Gasteiger partial charge < -0.3 is 11.1 Å². The molecule has 0 aliphatic heterocycles. The number of nitrogens with two attached hydrogens (primary N) is 1. The SMILES string of the molecule is Cc1ccc(Nc2ncnc(NNC(=O)c3ccccc3)c2N)cc1C. The fraction of sp³-hybridized carbons (Fsp3) is 0.105. The molecule has 0 fully saturated rings. The second-order valence-electron chi connectivity index (χ2n) is 5.85. The number of hydrogen-bond acceptors (Lipinski definition) is 6. The lowest BCUT2D eigenvalue weighted by Crippen LogP contribution is -2.30. The van der Waals surface area contributed by atoms with Crippen molar-refractivity contribution in [1.29, 1.82) is 0 Å². The Morgan fingerprint density at radius 2 is 1.69 bits per heavy atom. The number of hydrazine groups is 1. The van der Waals surface area contributed by atoms with Gasteiger partial charge in [-0.3, -0.25) is 15.6 Å². The van der Waals surface area contributed by atoms with Crippen LogP contribution in [0.4, 0.5) is 23.0 Å². The molecule has 0 atom stereocenters. The van der Waals surface area contributed by atoms with E-state index >= 15 is 0 Å². The normalized spacial score (nSPS) is 10.2. The Morgan fingerprint density at radius 3 is 2.42 bits per heavy atom. The van der Waals surface area contributed by atoms with Crippen molar-refractivity contribution >= 4 is 28.9 Å². The molecule has 2 aromatic carbocycles. The number of amides is 1. The molecule has 3 rings (SSSR count). The topological polar surface area (TPSA) is 105 Å². The van der Waals surface area contributed by atoms with Crippen LogP contribution in [0.15, 0.2) is 54.9 Å². The number of carbonyl (C=O) groups is 1. The Kier molecular flexibility index (Phi) is 4.98. The van der Waals surface area contributed by atoms with Crippen LogP contribution in [0, 0.1) is 13.8 Å². The second kappa shape index (κ2) is 7.52. The van der Waals surface area contributed by atoms with Gasteiger partial charge in [0.05, 0.1) is 0 Å². The molecule has 0 bridgehead atoms. The van der Waals surface area contributed by atoms with Crippen molar-refractivity contribution in [3.8, 4) is 0 Å². The van der Waals surface area contributed by atoms with E-state index in [2.05, 4.69) is 33.1 Å². The Labute approximate surface area is 151 Å². The van der Waals surface area contributed by atoms with Crippen molar-refractivity contribution < 1.29 is 4.79 Å². The Balaban J connectivity index is 1.72. The van der Waals surface area contributed by atoms with E-state index < -0.39 is 0 Å². The third-order valence-corrected chi connectivity index (χ3v) is 3.98. The number of nitrogens with one attached hydrogen (secondary N) is 3. The van der Waals surface area contributed by atoms with E-state index in [9.17, 15) is 4.79 Å². The average molecular weight is 348 g/mol. The van der Waals surface area contributed by atoms with Crippen LogP contribution in [0.5, 0.6) is 0 Å². The predicted molar refractivity (Wildman–Crippen MR) is 103 cm³/mol. The van der Waals surface area contributed by atoms with Gasteiger partial charge in [0.25, 0.3) is 5.91 Å². The first kappa shape index (κ1) is 17.2. The van der Waals surface area contributed by atoms with Gasteiger partial charge in [-0.2, -0.15) is 0 Å². The van der Waals surface area contributed by atoms with Crippen LogP contribution in [0.25, 0.3) is 0 Å². The summed E-state index contributed by atoms with van der Waals surface area (Å²) in [6.45, 7) is 4.09. The first-order valence-corrected chi connectivity index (χ1v) is 8.11. The molecule has 7 nitrogen and oxygen atoms in total. The molecule has 5 N–H and O–H groups in total. The number of aromatic nitrogens is 2. The summed E-state index contributed by atoms with van der Waals surface area (Å²) in [5.74, 6) is 0.489. The van der Waals surface area contributed by atoms with Gasteiger partial charge in [-0.1, -0.05) is 24.3 Å². The van der Waals surface area contributed by atoms with Crippen LogP contribution in [0.1, 0.15) is 21.5 Å². The summed E-state index contributed by atoms with van der Waals surface area (Å²) in [6, 6.07) is 14.8. The lowest BCUT2D eigenvalue weighted by Gasteiger charge is -2.14. The molecular formula is C19H20N6O. The van der Waals surface area contributed by atoms with Gasteiger partial charge in [0.1, 0.15) is 12.0 Å². The minimum atomic E-state index is -0.285. The van der Waals surface area contributed by atoms with E-state index in [0.717, 1.165) is 11.3 Å². The first-order valence-electron chi connectivity index (χ1n) is 8.11. The minimum absolute atomic E-state index is 0.285. The Morgan fingerprint density at radius 1 is 0.962 bits per heavy atom. The summed E-state index contributed by atoms with van der Waals surface area (Å²) < 4.78 is 0. The molecule has 0 unspecified atom stereocenters. The molecule has 1 aromatic heterocycles. The van der Waals surface area contributed by atoms with Gasteiger partial charge in [-0.25, -0.2) is 9.97 Å². The number of nitrogens with zero attached hydrogens (tertiary/aromatic N) is 2. The van der Waals surface area contributed by atoms with Crippen molar-refractivity contribution in [3.05, 3.63) is 71.5 Å². The van der Waals surface area contributed by atoms with E-state index in [-0.39, 0.29) is 5.91 Å². The van der Waals surface area contributed by atoms with Crippen LogP contribution >= 0.6 is 0 Å². The molecule has 1 amide bonds. The van der Waals surface area contributed by atoms with Gasteiger partial charge in [0.2, 0.25) is 0 Å². The molecular weight excluding hydrogens is 328 g/mol. The highest BCUT2D eigenvalue weighted by Gasteiger charge is 2.10. The number of hydrogen-bond donors (Lipinski definition) is 4. The van der Waals surface area contributed by atoms with E-state index in [1.165, 1.54) is 11.9 Å². The molecule has 0 saturated carbocycles. The second-order valence-corrected chi connectivity index (χ2v) is 5.85. The molecule has 0 radical (unpaired) electrons. The quantitative estimate of drug-likeness (QED) is 0.528. The van der Waals surface area contributed by atoms with Crippen molar-refractivity contribution in [2.75, 3.05) is 16.5 Å². The Bertz CT molecular complexity index is 927. The number of aryl methyl sites for hydroxylation is 2. The van der Waals surface area contributed by atoms with Crippen LogP contribution in [-0.4, -0.2) is 15.9 Å². The highest BCUT2D eigenvalue weighted by atomic mass is 16.2. The van der Waals surface area contributed by atoms with Crippen LogP contribution < -0.4 is 21.9 Å². The largest absolute Gasteiger partial charge is 0.393 e. The molecule has 26 heavy (non-hydrogen) atoms. The minimum Gasteiger partial charge on any atom is -0.393 e. The maximum absolute atomic E-state index is 12.1. The molecule has 1 heterocycles. The standard InChI is InChI=1S/C19H20N6O/c1-12-8-9-15(10-13(12)2)23-17-16(20)18(22-11-21-17)24-25-19(26)14-6-4-3-5-7-14/h3-11H,20H2,1-2H3,(H,25,26)(H2,21,22,23,24). The van der Waals surface area contributed by atoms with Gasteiger partial charge in [-0.05, 0) is 49.2 Å². The van der Waals surface area contributed by atoms with Crippen molar-refractivity contribution in [2.24, 2.45) is 0 Å². The zero-order valence-corrected chi connectivity index (χ0v) is 14.6. The zero-order chi connectivity index (χ0) is 18.5. The summed E-state index contributed by atoms with van der Waals surface area (Å²) in [7, 11) is 0. The van der Waals surface area contributed by atoms with Crippen molar-refractivity contribution in [2.45, 2.75) is 13.8 Å². The predicted octanol–water partition coefficient (Wildman–Crippen LogP) is 3.18. The highest BCUT2D eigenvalue weighted by Crippen LogP contribution is 2.26.